The summed E-state index contributed by atoms with van der Waals surface area (Å²) in [6, 6.07) is 12.0. The number of hydrogen-bond acceptors (Lipinski definition) is 5. The maximum atomic E-state index is 14.0. The molecule has 0 N–H and O–H groups in total. The molecule has 2 aromatic carbocycles. The fraction of sp³-hybridized carbons (Fsp3) is 0.531. The quantitative estimate of drug-likeness (QED) is 0.204. The van der Waals surface area contributed by atoms with Crippen molar-refractivity contribution in [2.45, 2.75) is 90.3 Å². The fourth-order valence-corrected chi connectivity index (χ4v) is 8.18. The number of hydrogen-bond donors (Lipinski definition) is 0. The summed E-state index contributed by atoms with van der Waals surface area (Å²) in [5.74, 6) is 0.233. The Morgan fingerprint density at radius 1 is 1.02 bits per heavy atom. The third kappa shape index (κ3) is 8.26. The van der Waals surface area contributed by atoms with Gasteiger partial charge in [0.05, 0.1) is 18.8 Å². The van der Waals surface area contributed by atoms with Crippen molar-refractivity contribution >= 4 is 19.3 Å². The first kappa shape index (κ1) is 32.9. The minimum Gasteiger partial charge on any atom is -0.493 e. The lowest BCUT2D eigenvalue weighted by Gasteiger charge is -2.41. The molecular weight excluding hydrogens is 550 g/mol. The maximum absolute atomic E-state index is 14.0. The Bertz CT molecular complexity index is 1300. The van der Waals surface area contributed by atoms with Crippen LogP contribution in [0, 0.1) is 6.92 Å². The lowest BCUT2D eigenvalue weighted by atomic mass is 10.0. The van der Waals surface area contributed by atoms with Gasteiger partial charge in [-0.2, -0.15) is 13.2 Å². The van der Waals surface area contributed by atoms with Gasteiger partial charge >= 0.3 is 6.18 Å². The molecule has 0 spiro atoms. The van der Waals surface area contributed by atoms with Crippen molar-refractivity contribution in [2.24, 2.45) is 4.99 Å². The topological polar surface area (TPSA) is 57.1 Å². The van der Waals surface area contributed by atoms with Crippen LogP contribution in [0.15, 0.2) is 53.5 Å². The van der Waals surface area contributed by atoms with Gasteiger partial charge in [0, 0.05) is 17.2 Å². The summed E-state index contributed by atoms with van der Waals surface area (Å²) in [5, 5.41) is -1.24. The number of aliphatic imine (C=N–C) groups is 1. The largest absolute Gasteiger partial charge is 0.493 e. The smallest absolute Gasteiger partial charge is 0.419 e. The van der Waals surface area contributed by atoms with Crippen molar-refractivity contribution in [3.05, 3.63) is 70.8 Å². The Morgan fingerprint density at radius 2 is 1.71 bits per heavy atom. The van der Waals surface area contributed by atoms with Gasteiger partial charge in [-0.25, -0.2) is 4.99 Å². The van der Waals surface area contributed by atoms with Crippen LogP contribution in [-0.4, -0.2) is 41.6 Å². The van der Waals surface area contributed by atoms with E-state index in [-0.39, 0.29) is 25.6 Å². The van der Waals surface area contributed by atoms with Gasteiger partial charge in [-0.3, -0.25) is 4.57 Å². The van der Waals surface area contributed by atoms with E-state index in [1.807, 2.05) is 66.7 Å². The molecule has 0 aromatic heterocycles. The molecule has 1 heterocycles. The number of rotatable bonds is 10. The molecule has 0 aliphatic carbocycles. The summed E-state index contributed by atoms with van der Waals surface area (Å²) in [6.07, 6.45) is -0.0296. The summed E-state index contributed by atoms with van der Waals surface area (Å²) >= 11 is 0. The molecular formula is C32H43F3NO4P. The van der Waals surface area contributed by atoms with Crippen molar-refractivity contribution in [1.82, 2.24) is 0 Å². The van der Waals surface area contributed by atoms with Crippen LogP contribution in [0.25, 0.3) is 6.08 Å². The number of nitrogens with zero attached hydrogens (tertiary/aromatic N) is 1. The second-order valence-electron chi connectivity index (χ2n) is 12.7. The average Bonchev–Trinajstić information content (AvgIpc) is 3.23. The average molecular weight is 594 g/mol. The van der Waals surface area contributed by atoms with E-state index in [0.29, 0.717) is 24.3 Å². The number of halogens is 3. The number of ether oxygens (including phenoxy) is 2. The van der Waals surface area contributed by atoms with Gasteiger partial charge in [0.2, 0.25) is 7.37 Å². The molecule has 0 saturated heterocycles. The molecule has 0 radical (unpaired) electrons. The Balaban J connectivity index is 1.79. The molecule has 3 rings (SSSR count). The van der Waals surface area contributed by atoms with Crippen LogP contribution in [0.3, 0.4) is 0 Å². The van der Waals surface area contributed by atoms with Crippen LogP contribution < -0.4 is 4.74 Å². The molecule has 2 aromatic rings. The molecule has 1 unspecified atom stereocenters. The number of aryl methyl sites for hydroxylation is 2. The predicted octanol–water partition coefficient (Wildman–Crippen LogP) is 9.12. The highest BCUT2D eigenvalue weighted by Gasteiger charge is 2.49. The van der Waals surface area contributed by atoms with E-state index >= 15 is 0 Å². The molecule has 0 amide bonds. The SMILES string of the molecule is CC1=NC(C=Cc2ccc(OCCCc3cccc(C)c3)c(C(F)(F)F)c2)(COP(=O)(C(C)(C)C)C(C)(C)C)CO1. The van der Waals surface area contributed by atoms with Gasteiger partial charge in [-0.05, 0) is 43.0 Å². The standard InChI is InChI=1S/C32H43F3NO4P/c1-23-11-9-12-25(19-23)13-10-18-38-28-15-14-26(20-27(28)32(33,34)35)16-17-31(21-39-24(2)36-31)22-40-41(37,29(3,4)5)30(6,7)8/h9,11-12,14-17,19-20H,10,13,18,21-22H2,1-8H3. The molecule has 9 heteroatoms. The fourth-order valence-electron chi connectivity index (χ4n) is 4.99. The first-order valence-corrected chi connectivity index (χ1v) is 15.5. The van der Waals surface area contributed by atoms with E-state index in [2.05, 4.69) is 11.1 Å². The lowest BCUT2D eigenvalue weighted by molar-refractivity contribution is -0.139. The summed E-state index contributed by atoms with van der Waals surface area (Å²) in [7, 11) is -3.19. The van der Waals surface area contributed by atoms with Gasteiger partial charge < -0.3 is 14.0 Å². The zero-order valence-electron chi connectivity index (χ0n) is 25.4. The number of alkyl halides is 3. The Morgan fingerprint density at radius 3 is 2.27 bits per heavy atom. The molecule has 41 heavy (non-hydrogen) atoms. The summed E-state index contributed by atoms with van der Waals surface area (Å²) in [6.45, 7) is 15.3. The van der Waals surface area contributed by atoms with Gasteiger partial charge in [-0.15, -0.1) is 0 Å². The molecule has 1 aliphatic heterocycles. The maximum Gasteiger partial charge on any atom is 0.419 e. The first-order chi connectivity index (χ1) is 18.9. The van der Waals surface area contributed by atoms with E-state index in [9.17, 15) is 17.7 Å². The van der Waals surface area contributed by atoms with Gasteiger partial charge in [0.25, 0.3) is 0 Å². The zero-order valence-corrected chi connectivity index (χ0v) is 26.3. The van der Waals surface area contributed by atoms with Crippen molar-refractivity contribution < 1.29 is 31.7 Å². The van der Waals surface area contributed by atoms with Crippen molar-refractivity contribution in [3.8, 4) is 5.75 Å². The highest BCUT2D eigenvalue weighted by molar-refractivity contribution is 7.62. The minimum absolute atomic E-state index is 0.0269. The highest BCUT2D eigenvalue weighted by Crippen LogP contribution is 2.67. The Hall–Kier alpha value is -2.57. The third-order valence-electron chi connectivity index (χ3n) is 7.02. The second kappa shape index (κ2) is 12.3. The second-order valence-corrected chi connectivity index (χ2v) is 16.8. The van der Waals surface area contributed by atoms with Crippen LogP contribution >= 0.6 is 7.37 Å². The minimum atomic E-state index is -4.59. The van der Waals surface area contributed by atoms with Crippen molar-refractivity contribution in [3.63, 3.8) is 0 Å². The molecule has 1 aliphatic rings. The van der Waals surface area contributed by atoms with Gasteiger partial charge in [0.15, 0.2) is 5.90 Å². The molecule has 5 nitrogen and oxygen atoms in total. The molecule has 0 bridgehead atoms. The summed E-state index contributed by atoms with van der Waals surface area (Å²) < 4.78 is 73.4. The highest BCUT2D eigenvalue weighted by atomic mass is 31.2. The summed E-state index contributed by atoms with van der Waals surface area (Å²) in [5.41, 5.74) is 0.742. The Kier molecular flexibility index (Phi) is 9.92. The molecule has 0 fully saturated rings. The Labute approximate surface area is 242 Å². The van der Waals surface area contributed by atoms with E-state index < -0.39 is 35.0 Å². The van der Waals surface area contributed by atoms with E-state index in [4.69, 9.17) is 14.0 Å². The normalized spacial score (nSPS) is 18.5. The third-order valence-corrected chi connectivity index (χ3v) is 11.0. The van der Waals surface area contributed by atoms with Crippen LogP contribution in [0.1, 0.15) is 77.1 Å². The van der Waals surface area contributed by atoms with E-state index in [0.717, 1.165) is 17.2 Å². The van der Waals surface area contributed by atoms with Crippen LogP contribution in [0.5, 0.6) is 5.75 Å². The molecule has 0 saturated carbocycles. The van der Waals surface area contributed by atoms with E-state index in [1.165, 1.54) is 6.07 Å². The van der Waals surface area contributed by atoms with Crippen LogP contribution in [0.4, 0.5) is 13.2 Å². The lowest BCUT2D eigenvalue weighted by Crippen LogP contribution is -2.36. The van der Waals surface area contributed by atoms with Crippen molar-refractivity contribution in [2.75, 3.05) is 19.8 Å². The van der Waals surface area contributed by atoms with Crippen LogP contribution in [-0.2, 0) is 26.4 Å². The van der Waals surface area contributed by atoms with Gasteiger partial charge in [0.1, 0.15) is 17.9 Å². The monoisotopic (exact) mass is 593 g/mol. The zero-order chi connectivity index (χ0) is 30.7. The number of benzene rings is 2. The molecule has 226 valence electrons. The predicted molar refractivity (Wildman–Crippen MR) is 160 cm³/mol. The van der Waals surface area contributed by atoms with Crippen LogP contribution in [0.2, 0.25) is 0 Å². The van der Waals surface area contributed by atoms with Gasteiger partial charge in [-0.1, -0.05) is 89.6 Å². The molecule has 1 atom stereocenters. The first-order valence-electron chi connectivity index (χ1n) is 13.9. The summed E-state index contributed by atoms with van der Waals surface area (Å²) in [4.78, 5) is 4.59. The van der Waals surface area contributed by atoms with E-state index in [1.54, 1.807) is 25.1 Å². The van der Waals surface area contributed by atoms with Crippen molar-refractivity contribution in [1.29, 1.82) is 0 Å².